The van der Waals surface area contributed by atoms with Crippen LogP contribution in [0.4, 0.5) is 0 Å². The second kappa shape index (κ2) is 4.86. The van der Waals surface area contributed by atoms with Gasteiger partial charge < -0.3 is 10.3 Å². The summed E-state index contributed by atoms with van der Waals surface area (Å²) in [5.41, 5.74) is 2.90. The molecule has 1 aromatic carbocycles. The van der Waals surface area contributed by atoms with Crippen molar-refractivity contribution in [2.45, 2.75) is 32.6 Å². The molecular formula is C14H17N3O3. The Hall–Kier alpha value is -1.95. The van der Waals surface area contributed by atoms with E-state index < -0.39 is 0 Å². The molecule has 0 saturated heterocycles. The lowest BCUT2D eigenvalue weighted by molar-refractivity contribution is -0.480. The van der Waals surface area contributed by atoms with Gasteiger partial charge >= 0.3 is 5.82 Å². The summed E-state index contributed by atoms with van der Waals surface area (Å²) in [6.07, 6.45) is 2.87. The van der Waals surface area contributed by atoms with Crippen LogP contribution in [-0.2, 0) is 19.3 Å². The Morgan fingerprint density at radius 3 is 2.80 bits per heavy atom. The van der Waals surface area contributed by atoms with E-state index in [-0.39, 0.29) is 12.4 Å². The average molecular weight is 275 g/mol. The molecule has 2 aromatic rings. The van der Waals surface area contributed by atoms with Crippen LogP contribution >= 0.6 is 0 Å². The average Bonchev–Trinajstić information content (AvgIpc) is 2.83. The van der Waals surface area contributed by atoms with E-state index in [1.54, 1.807) is 13.0 Å². The standard InChI is InChI=1S/C14H17N3O3/c1-2-14-15-17(20)13-8-11-6-9(3-4-18)5-10(11)7-12(13)16(14)19/h7-9,18H,2-6H2,1H3. The fraction of sp³-hybridized carbons (Fsp3) is 0.500. The quantitative estimate of drug-likeness (QED) is 0.845. The third kappa shape index (κ3) is 1.96. The van der Waals surface area contributed by atoms with Crippen molar-refractivity contribution in [2.24, 2.45) is 5.92 Å². The predicted molar refractivity (Wildman–Crippen MR) is 73.8 cm³/mol. The Bertz CT molecular complexity index is 724. The number of aryl methyl sites for hydroxylation is 1. The molecule has 1 atom stereocenters. The lowest BCUT2D eigenvalue weighted by Gasteiger charge is -2.08. The SMILES string of the molecule is CCc1nn([O-])c2cc3c(cc2[n+]1=O)CC(CCO)C3. The molecule has 106 valence electrons. The first-order valence-corrected chi connectivity index (χ1v) is 6.92. The lowest BCUT2D eigenvalue weighted by atomic mass is 10.0. The van der Waals surface area contributed by atoms with Gasteiger partial charge in [-0.15, -0.1) is 0 Å². The summed E-state index contributed by atoms with van der Waals surface area (Å²) in [5.74, 6) is 0.628. The molecule has 6 heteroatoms. The normalized spacial score (nSPS) is 17.6. The summed E-state index contributed by atoms with van der Waals surface area (Å²) in [4.78, 5) is 12.7. The topological polar surface area (TPSA) is 84.1 Å². The summed E-state index contributed by atoms with van der Waals surface area (Å²) in [7, 11) is 0. The highest BCUT2D eigenvalue weighted by Crippen LogP contribution is 2.31. The van der Waals surface area contributed by atoms with E-state index in [0.717, 1.165) is 34.8 Å². The third-order valence-corrected chi connectivity index (χ3v) is 4.03. The maximum Gasteiger partial charge on any atom is 0.367 e. The Balaban J connectivity index is 2.16. The van der Waals surface area contributed by atoms with Crippen LogP contribution < -0.4 is 4.43 Å². The lowest BCUT2D eigenvalue weighted by Crippen LogP contribution is -2.27. The molecular weight excluding hydrogens is 258 g/mol. The van der Waals surface area contributed by atoms with Crippen molar-refractivity contribution in [1.82, 2.24) is 9.94 Å². The Morgan fingerprint density at radius 2 is 2.15 bits per heavy atom. The van der Waals surface area contributed by atoms with Crippen molar-refractivity contribution >= 4 is 11.0 Å². The minimum absolute atomic E-state index is 0.169. The molecule has 0 bridgehead atoms. The van der Waals surface area contributed by atoms with Crippen molar-refractivity contribution in [3.8, 4) is 0 Å². The van der Waals surface area contributed by atoms with E-state index in [9.17, 15) is 10.1 Å². The van der Waals surface area contributed by atoms with E-state index >= 15 is 0 Å². The van der Waals surface area contributed by atoms with Gasteiger partial charge in [-0.2, -0.15) is 4.85 Å². The molecule has 0 fully saturated rings. The number of rotatable bonds is 3. The van der Waals surface area contributed by atoms with E-state index in [1.165, 1.54) is 0 Å². The van der Waals surface area contributed by atoms with Crippen molar-refractivity contribution in [1.29, 1.82) is 0 Å². The first-order chi connectivity index (χ1) is 9.63. The highest BCUT2D eigenvalue weighted by Gasteiger charge is 2.24. The smallest absolute Gasteiger partial charge is 0.367 e. The van der Waals surface area contributed by atoms with Crippen LogP contribution in [0, 0.1) is 16.0 Å². The molecule has 6 nitrogen and oxygen atoms in total. The zero-order valence-electron chi connectivity index (χ0n) is 11.4. The third-order valence-electron chi connectivity index (χ3n) is 4.03. The summed E-state index contributed by atoms with van der Waals surface area (Å²) in [6, 6.07) is 3.58. The van der Waals surface area contributed by atoms with Crippen molar-refractivity contribution in [3.63, 3.8) is 0 Å². The maximum atomic E-state index is 12.2. The predicted octanol–water partition coefficient (Wildman–Crippen LogP) is 0.956. The second-order valence-electron chi connectivity index (χ2n) is 5.33. The molecule has 0 saturated carbocycles. The molecule has 0 aliphatic heterocycles. The van der Waals surface area contributed by atoms with Crippen molar-refractivity contribution in [2.75, 3.05) is 6.61 Å². The number of hydrogen-bond donors (Lipinski definition) is 1. The Morgan fingerprint density at radius 1 is 1.45 bits per heavy atom. The Kier molecular flexibility index (Phi) is 3.17. The molecule has 1 unspecified atom stereocenters. The number of benzene rings is 1. The van der Waals surface area contributed by atoms with E-state index in [4.69, 9.17) is 5.11 Å². The number of nitrogens with zero attached hydrogens (tertiary/aromatic N) is 3. The van der Waals surface area contributed by atoms with Crippen LogP contribution in [0.1, 0.15) is 30.3 Å². The van der Waals surface area contributed by atoms with E-state index in [0.29, 0.717) is 28.2 Å². The molecule has 0 radical (unpaired) electrons. The zero-order valence-corrected chi connectivity index (χ0v) is 11.4. The van der Waals surface area contributed by atoms with Crippen molar-refractivity contribution in [3.05, 3.63) is 39.2 Å². The molecule has 1 aliphatic carbocycles. The largest absolute Gasteiger partial charge is 0.772 e. The van der Waals surface area contributed by atoms with Crippen LogP contribution in [-0.4, -0.2) is 21.7 Å². The minimum atomic E-state index is 0.169. The summed E-state index contributed by atoms with van der Waals surface area (Å²) in [5, 5.41) is 24.7. The summed E-state index contributed by atoms with van der Waals surface area (Å²) in [6.45, 7) is 1.97. The highest BCUT2D eigenvalue weighted by molar-refractivity contribution is 5.74. The van der Waals surface area contributed by atoms with Gasteiger partial charge in [0, 0.05) is 11.0 Å². The molecule has 1 aliphatic rings. The number of aromatic nitrogens is 3. The van der Waals surface area contributed by atoms with Gasteiger partial charge in [-0.25, -0.2) is 0 Å². The molecule has 3 rings (SSSR count). The highest BCUT2D eigenvalue weighted by atomic mass is 16.5. The van der Waals surface area contributed by atoms with E-state index in [2.05, 4.69) is 5.10 Å². The van der Waals surface area contributed by atoms with Gasteiger partial charge in [-0.1, -0.05) is 11.8 Å². The van der Waals surface area contributed by atoms with Crippen LogP contribution in [0.25, 0.3) is 11.0 Å². The number of aliphatic hydroxyl groups excluding tert-OH is 1. The Labute approximate surface area is 115 Å². The molecule has 0 amide bonds. The van der Waals surface area contributed by atoms with Gasteiger partial charge in [0.1, 0.15) is 5.52 Å². The van der Waals surface area contributed by atoms with Gasteiger partial charge in [0.2, 0.25) is 5.52 Å². The van der Waals surface area contributed by atoms with Gasteiger partial charge in [-0.3, -0.25) is 0 Å². The summed E-state index contributed by atoms with van der Waals surface area (Å²) >= 11 is 0. The molecule has 1 N–H and O–H groups in total. The zero-order chi connectivity index (χ0) is 14.3. The van der Waals surface area contributed by atoms with Crippen LogP contribution in [0.15, 0.2) is 12.1 Å². The van der Waals surface area contributed by atoms with Gasteiger partial charge in [-0.05, 0) is 48.4 Å². The molecule has 0 spiro atoms. The van der Waals surface area contributed by atoms with Gasteiger partial charge in [0.05, 0.1) is 11.5 Å². The number of aliphatic hydroxyl groups is 1. The van der Waals surface area contributed by atoms with Crippen LogP contribution in [0.5, 0.6) is 0 Å². The second-order valence-corrected chi connectivity index (χ2v) is 5.33. The van der Waals surface area contributed by atoms with E-state index in [1.807, 2.05) is 6.07 Å². The molecule has 20 heavy (non-hydrogen) atoms. The van der Waals surface area contributed by atoms with Gasteiger partial charge in [0.15, 0.2) is 0 Å². The summed E-state index contributed by atoms with van der Waals surface area (Å²) < 4.78 is 0.753. The fourth-order valence-corrected chi connectivity index (χ4v) is 2.99. The first-order valence-electron chi connectivity index (χ1n) is 6.92. The van der Waals surface area contributed by atoms with Gasteiger partial charge in [0.25, 0.3) is 0 Å². The number of hydrogen-bond acceptors (Lipinski definition) is 4. The maximum absolute atomic E-state index is 12.2. The minimum Gasteiger partial charge on any atom is -0.772 e. The monoisotopic (exact) mass is 275 g/mol. The molecule has 1 heterocycles. The van der Waals surface area contributed by atoms with Crippen LogP contribution in [0.3, 0.4) is 0 Å². The first kappa shape index (κ1) is 13.1. The number of fused-ring (bicyclic) bond motifs is 2. The molecule has 1 aromatic heterocycles. The fourth-order valence-electron chi connectivity index (χ4n) is 2.99. The van der Waals surface area contributed by atoms with Crippen molar-refractivity contribution < 1.29 is 9.53 Å². The van der Waals surface area contributed by atoms with Crippen LogP contribution in [0.2, 0.25) is 0 Å².